The molecular formula is C76H124O6. The summed E-state index contributed by atoms with van der Waals surface area (Å²) in [5.74, 6) is -0.973. The highest BCUT2D eigenvalue weighted by atomic mass is 16.6. The smallest absolute Gasteiger partial charge is 0.306 e. The van der Waals surface area contributed by atoms with Crippen LogP contribution in [0.3, 0.4) is 0 Å². The lowest BCUT2D eigenvalue weighted by atomic mass is 10.0. The Bertz CT molecular complexity index is 1780. The first-order valence-electron chi connectivity index (χ1n) is 33.8. The van der Waals surface area contributed by atoms with E-state index in [9.17, 15) is 14.4 Å². The lowest BCUT2D eigenvalue weighted by molar-refractivity contribution is -0.167. The molecule has 0 aliphatic carbocycles. The van der Waals surface area contributed by atoms with Crippen LogP contribution in [0.5, 0.6) is 0 Å². The molecule has 464 valence electrons. The van der Waals surface area contributed by atoms with E-state index in [-0.39, 0.29) is 37.5 Å². The number of rotatable bonds is 60. The zero-order valence-corrected chi connectivity index (χ0v) is 53.2. The van der Waals surface area contributed by atoms with Gasteiger partial charge in [0, 0.05) is 19.3 Å². The van der Waals surface area contributed by atoms with E-state index in [1.807, 2.05) is 0 Å². The SMILES string of the molecule is CC/C=C\C/C=C\C/C=C\C/C=C\C/C=C\C/C=C\C/C=C\CCCC(=O)OC(COC(=O)CCCCCCC/C=C\CCCCCCC)COC(=O)CCCCCCCCCCCCCCCC/C=C\C/C=C\C/C=C\C/C=C\CC. The van der Waals surface area contributed by atoms with Crippen molar-refractivity contribution in [2.24, 2.45) is 0 Å². The third kappa shape index (κ3) is 66.1. The fourth-order valence-electron chi connectivity index (χ4n) is 9.07. The number of unbranched alkanes of at least 4 members (excludes halogenated alkanes) is 25. The molecule has 82 heavy (non-hydrogen) atoms. The van der Waals surface area contributed by atoms with Gasteiger partial charge >= 0.3 is 17.9 Å². The molecule has 0 saturated heterocycles. The number of carbonyl (C=O) groups is 3. The van der Waals surface area contributed by atoms with Crippen LogP contribution in [0.15, 0.2) is 146 Å². The fourth-order valence-corrected chi connectivity index (χ4v) is 9.07. The van der Waals surface area contributed by atoms with Crippen molar-refractivity contribution in [3.8, 4) is 0 Å². The molecule has 0 heterocycles. The minimum Gasteiger partial charge on any atom is -0.462 e. The molecule has 0 aromatic rings. The molecule has 0 aliphatic heterocycles. The van der Waals surface area contributed by atoms with Gasteiger partial charge in [-0.05, 0) is 135 Å². The van der Waals surface area contributed by atoms with Gasteiger partial charge in [0.1, 0.15) is 13.2 Å². The molecule has 0 spiro atoms. The minimum absolute atomic E-state index is 0.107. The Morgan fingerprint density at radius 3 is 0.793 bits per heavy atom. The van der Waals surface area contributed by atoms with Gasteiger partial charge in [0.05, 0.1) is 0 Å². The van der Waals surface area contributed by atoms with Crippen LogP contribution in [-0.4, -0.2) is 37.2 Å². The van der Waals surface area contributed by atoms with Crippen LogP contribution in [0.1, 0.15) is 297 Å². The normalized spacial score (nSPS) is 13.1. The zero-order valence-electron chi connectivity index (χ0n) is 53.2. The third-order valence-electron chi connectivity index (χ3n) is 14.1. The first-order chi connectivity index (χ1) is 40.5. The molecule has 0 saturated carbocycles. The molecule has 0 aliphatic rings. The van der Waals surface area contributed by atoms with Gasteiger partial charge in [-0.2, -0.15) is 0 Å². The number of ether oxygens (including phenoxy) is 3. The number of carbonyl (C=O) groups excluding carboxylic acids is 3. The van der Waals surface area contributed by atoms with Crippen molar-refractivity contribution in [2.75, 3.05) is 13.2 Å². The zero-order chi connectivity index (χ0) is 59.2. The van der Waals surface area contributed by atoms with E-state index in [1.54, 1.807) is 0 Å². The maximum atomic E-state index is 12.9. The van der Waals surface area contributed by atoms with Crippen molar-refractivity contribution >= 4 is 17.9 Å². The van der Waals surface area contributed by atoms with Crippen molar-refractivity contribution in [3.05, 3.63) is 146 Å². The summed E-state index contributed by atoms with van der Waals surface area (Å²) in [6, 6.07) is 0. The predicted molar refractivity (Wildman–Crippen MR) is 357 cm³/mol. The predicted octanol–water partition coefficient (Wildman–Crippen LogP) is 23.5. The summed E-state index contributed by atoms with van der Waals surface area (Å²) in [5.41, 5.74) is 0. The summed E-state index contributed by atoms with van der Waals surface area (Å²) in [4.78, 5) is 38.4. The van der Waals surface area contributed by atoms with Gasteiger partial charge in [-0.15, -0.1) is 0 Å². The van der Waals surface area contributed by atoms with E-state index < -0.39 is 6.10 Å². The van der Waals surface area contributed by atoms with Crippen LogP contribution in [0.25, 0.3) is 0 Å². The molecule has 0 amide bonds. The van der Waals surface area contributed by atoms with Crippen molar-refractivity contribution in [1.29, 1.82) is 0 Å². The Kier molecular flexibility index (Phi) is 64.8. The first-order valence-corrected chi connectivity index (χ1v) is 33.8. The van der Waals surface area contributed by atoms with Crippen molar-refractivity contribution in [2.45, 2.75) is 303 Å². The molecule has 1 atom stereocenters. The molecule has 0 N–H and O–H groups in total. The maximum Gasteiger partial charge on any atom is 0.306 e. The molecule has 0 aromatic heterocycles. The number of esters is 3. The van der Waals surface area contributed by atoms with E-state index in [4.69, 9.17) is 14.2 Å². The van der Waals surface area contributed by atoms with Gasteiger partial charge in [-0.1, -0.05) is 289 Å². The summed E-state index contributed by atoms with van der Waals surface area (Å²) in [6.45, 7) is 6.36. The second-order valence-electron chi connectivity index (χ2n) is 22.0. The molecule has 0 rings (SSSR count). The Morgan fingerprint density at radius 2 is 0.488 bits per heavy atom. The van der Waals surface area contributed by atoms with Gasteiger partial charge < -0.3 is 14.2 Å². The largest absolute Gasteiger partial charge is 0.462 e. The van der Waals surface area contributed by atoms with Crippen LogP contribution < -0.4 is 0 Å². The van der Waals surface area contributed by atoms with Crippen LogP contribution in [0.4, 0.5) is 0 Å². The van der Waals surface area contributed by atoms with Gasteiger partial charge in [-0.25, -0.2) is 0 Å². The molecule has 6 nitrogen and oxygen atoms in total. The number of hydrogen-bond donors (Lipinski definition) is 0. The lowest BCUT2D eigenvalue weighted by Gasteiger charge is -2.18. The third-order valence-corrected chi connectivity index (χ3v) is 14.1. The van der Waals surface area contributed by atoms with E-state index in [0.717, 1.165) is 128 Å². The first kappa shape index (κ1) is 77.3. The van der Waals surface area contributed by atoms with Crippen molar-refractivity contribution in [3.63, 3.8) is 0 Å². The molecule has 0 aromatic carbocycles. The van der Waals surface area contributed by atoms with Gasteiger partial charge in [-0.3, -0.25) is 14.4 Å². The summed E-state index contributed by atoms with van der Waals surface area (Å²) >= 11 is 0. The van der Waals surface area contributed by atoms with E-state index in [1.165, 1.54) is 122 Å². The molecule has 0 fully saturated rings. The van der Waals surface area contributed by atoms with Gasteiger partial charge in [0.25, 0.3) is 0 Å². The highest BCUT2D eigenvalue weighted by Gasteiger charge is 2.19. The maximum absolute atomic E-state index is 12.9. The van der Waals surface area contributed by atoms with Crippen molar-refractivity contribution < 1.29 is 28.6 Å². The van der Waals surface area contributed by atoms with Gasteiger partial charge in [0.15, 0.2) is 6.10 Å². The van der Waals surface area contributed by atoms with E-state index in [2.05, 4.69) is 167 Å². The molecule has 1 unspecified atom stereocenters. The Hall–Kier alpha value is -4.71. The van der Waals surface area contributed by atoms with Crippen LogP contribution in [0.2, 0.25) is 0 Å². The standard InChI is InChI=1S/C76H124O6/c1-4-7-10-13-16-19-22-25-28-30-32-34-36-37-38-39-41-42-44-46-48-51-54-57-60-63-66-69-75(78)81-72-73(71-80-74(77)68-65-62-59-56-53-50-27-24-21-18-15-12-9-6-3)82-76(79)70-67-64-61-58-55-52-49-47-45-43-40-35-33-31-29-26-23-20-17-14-11-8-5-2/h7-8,10-11,16-17,19-20,24-29,32-35,43,45,49,52,58,61,73H,4-6,9,12-15,18,21-23,30-31,36-42,44,46-48,50-51,53-57,59-60,62-72H2,1-3H3/b10-7-,11-8-,19-16-,20-17-,27-24-,28-25-,29-26-,34-32-,35-33-,45-43-,52-49-,61-58-. The second-order valence-corrected chi connectivity index (χ2v) is 22.0. The average molecular weight is 1130 g/mol. The monoisotopic (exact) mass is 1130 g/mol. The highest BCUT2D eigenvalue weighted by molar-refractivity contribution is 5.71. The topological polar surface area (TPSA) is 78.9 Å². The quantitative estimate of drug-likeness (QED) is 0.0261. The molecule has 6 heteroatoms. The van der Waals surface area contributed by atoms with Crippen LogP contribution in [-0.2, 0) is 28.6 Å². The average Bonchev–Trinajstić information content (AvgIpc) is 3.47. The fraction of sp³-hybridized carbons (Fsp3) is 0.645. The lowest BCUT2D eigenvalue weighted by Crippen LogP contribution is -2.30. The second kappa shape index (κ2) is 68.8. The summed E-state index contributed by atoms with van der Waals surface area (Å²) in [5, 5.41) is 0. The molecule has 0 radical (unpaired) electrons. The summed E-state index contributed by atoms with van der Waals surface area (Å²) in [7, 11) is 0. The summed E-state index contributed by atoms with van der Waals surface area (Å²) in [6.07, 6.45) is 98.7. The van der Waals surface area contributed by atoms with E-state index in [0.29, 0.717) is 19.3 Å². The Balaban J connectivity index is 4.42. The minimum atomic E-state index is -0.819. The number of hydrogen-bond acceptors (Lipinski definition) is 6. The van der Waals surface area contributed by atoms with E-state index >= 15 is 0 Å². The summed E-state index contributed by atoms with van der Waals surface area (Å²) < 4.78 is 16.9. The highest BCUT2D eigenvalue weighted by Crippen LogP contribution is 2.16. The number of allylic oxidation sites excluding steroid dienone is 24. The van der Waals surface area contributed by atoms with Crippen LogP contribution >= 0.6 is 0 Å². The Morgan fingerprint density at radius 1 is 0.256 bits per heavy atom. The Labute approximate surface area is 506 Å². The van der Waals surface area contributed by atoms with Crippen LogP contribution in [0, 0.1) is 0 Å². The molecular weight excluding hydrogens is 1010 g/mol. The van der Waals surface area contributed by atoms with Gasteiger partial charge in [0.2, 0.25) is 0 Å². The van der Waals surface area contributed by atoms with Crippen molar-refractivity contribution in [1.82, 2.24) is 0 Å². The molecule has 0 bridgehead atoms.